The van der Waals surface area contributed by atoms with Gasteiger partial charge in [0, 0.05) is 11.7 Å². The second-order valence-electron chi connectivity index (χ2n) is 9.42. The fraction of sp³-hybridized carbons (Fsp3) is 0.727. The summed E-state index contributed by atoms with van der Waals surface area (Å²) in [4.78, 5) is 19.6. The molecule has 34 heavy (non-hydrogen) atoms. The highest BCUT2D eigenvalue weighted by Crippen LogP contribution is 2.61. The van der Waals surface area contributed by atoms with Crippen molar-refractivity contribution < 1.29 is 41.5 Å². The number of carboxylic acid groups (broad SMARTS) is 1. The molecule has 0 aliphatic carbocycles. The van der Waals surface area contributed by atoms with E-state index < -0.39 is 36.5 Å². The molecular weight excluding hydrogens is 476 g/mol. The summed E-state index contributed by atoms with van der Waals surface area (Å²) < 4.78 is 57.0. The highest BCUT2D eigenvalue weighted by Gasteiger charge is 2.51. The van der Waals surface area contributed by atoms with Gasteiger partial charge < -0.3 is 14.2 Å². The van der Waals surface area contributed by atoms with E-state index in [4.69, 9.17) is 23.8 Å². The van der Waals surface area contributed by atoms with E-state index in [0.29, 0.717) is 13.2 Å². The Balaban J connectivity index is 0.00000135. The van der Waals surface area contributed by atoms with Crippen LogP contribution >= 0.6 is 7.60 Å². The van der Waals surface area contributed by atoms with Crippen molar-refractivity contribution in [3.8, 4) is 0 Å². The number of pyridine rings is 1. The highest BCUT2D eigenvalue weighted by molar-refractivity contribution is 7.54. The first-order valence-corrected chi connectivity index (χ1v) is 12.5. The summed E-state index contributed by atoms with van der Waals surface area (Å²) in [5.41, 5.74) is -0.0518. The minimum Gasteiger partial charge on any atom is -0.475 e. The van der Waals surface area contributed by atoms with Gasteiger partial charge in [-0.25, -0.2) is 4.79 Å². The molecule has 0 spiro atoms. The van der Waals surface area contributed by atoms with Crippen LogP contribution in [-0.4, -0.2) is 51.8 Å². The molecule has 1 heterocycles. The van der Waals surface area contributed by atoms with Gasteiger partial charge in [-0.15, -0.1) is 0 Å². The molecule has 0 radical (unpaired) electrons. The fourth-order valence-corrected chi connectivity index (χ4v) is 5.60. The number of alkyl halides is 3. The van der Waals surface area contributed by atoms with Crippen molar-refractivity contribution in [2.45, 2.75) is 85.9 Å². The van der Waals surface area contributed by atoms with Crippen LogP contribution in [0.5, 0.6) is 0 Å². The number of aromatic nitrogens is 1. The van der Waals surface area contributed by atoms with Crippen molar-refractivity contribution in [2.75, 3.05) is 13.2 Å². The van der Waals surface area contributed by atoms with Gasteiger partial charge in [-0.05, 0) is 59.1 Å². The topological polar surface area (TPSA) is 98.2 Å². The molecule has 1 N–H and O–H groups in total. The molecule has 8 nitrogen and oxygen atoms in total. The minimum absolute atomic E-state index is 0.303. The standard InChI is InChI=1S/C20H37N2O4P.C2HF3O2/c1-10-24-27(23,25-11-2)18(19(4,5)6)22(20(7,8)9)26-16(3)17-14-12-13-15-21-17;3-2(4,5)1(6)7/h12-16,18H,10-11H2,1-9H3;(H,6,7). The van der Waals surface area contributed by atoms with Crippen LogP contribution in [0.2, 0.25) is 0 Å². The lowest BCUT2D eigenvalue weighted by Gasteiger charge is -2.48. The number of halogens is 3. The summed E-state index contributed by atoms with van der Waals surface area (Å²) >= 11 is 0. The average Bonchev–Trinajstić information content (AvgIpc) is 2.66. The van der Waals surface area contributed by atoms with Gasteiger partial charge in [0.25, 0.3) is 0 Å². The van der Waals surface area contributed by atoms with Gasteiger partial charge in [-0.3, -0.25) is 14.4 Å². The van der Waals surface area contributed by atoms with E-state index in [1.807, 2.05) is 80.5 Å². The van der Waals surface area contributed by atoms with Gasteiger partial charge in [0.2, 0.25) is 0 Å². The molecule has 2 unspecified atom stereocenters. The average molecular weight is 515 g/mol. The molecule has 12 heteroatoms. The van der Waals surface area contributed by atoms with E-state index in [2.05, 4.69) is 4.98 Å². The molecule has 198 valence electrons. The summed E-state index contributed by atoms with van der Waals surface area (Å²) in [7, 11) is -3.47. The van der Waals surface area contributed by atoms with Crippen molar-refractivity contribution in [1.29, 1.82) is 0 Å². The van der Waals surface area contributed by atoms with E-state index in [0.717, 1.165) is 5.69 Å². The molecule has 0 amide bonds. The Hall–Kier alpha value is -1.52. The molecule has 0 aliphatic heterocycles. The SMILES string of the molecule is CCOP(=O)(OCC)C(N(OC(C)c1ccccn1)C(C)(C)C)C(C)(C)C.O=C(O)C(F)(F)F. The third kappa shape index (κ3) is 10.4. The van der Waals surface area contributed by atoms with E-state index in [-0.39, 0.29) is 6.10 Å². The molecular formula is C22H38F3N2O6P. The Morgan fingerprint density at radius 3 is 1.85 bits per heavy atom. The lowest BCUT2D eigenvalue weighted by atomic mass is 9.94. The number of hydroxylamine groups is 2. The Kier molecular flexibility index (Phi) is 12.4. The number of aliphatic carboxylic acids is 1. The maximum Gasteiger partial charge on any atom is 0.490 e. The zero-order valence-electron chi connectivity index (χ0n) is 21.3. The van der Waals surface area contributed by atoms with Gasteiger partial charge in [0.1, 0.15) is 11.9 Å². The van der Waals surface area contributed by atoms with E-state index >= 15 is 0 Å². The molecule has 1 aromatic heterocycles. The summed E-state index contributed by atoms with van der Waals surface area (Å²) in [6.45, 7) is 18.3. The van der Waals surface area contributed by atoms with Gasteiger partial charge in [0.15, 0.2) is 0 Å². The molecule has 0 saturated heterocycles. The molecule has 1 aromatic rings. The summed E-state index contributed by atoms with van der Waals surface area (Å²) in [5.74, 6) is -3.34. The molecule has 0 saturated carbocycles. The number of hydrogen-bond acceptors (Lipinski definition) is 7. The van der Waals surface area contributed by atoms with Crippen LogP contribution in [0.3, 0.4) is 0 Å². The first-order valence-electron chi connectivity index (χ1n) is 10.9. The molecule has 0 bridgehead atoms. The van der Waals surface area contributed by atoms with Crippen LogP contribution in [-0.2, 0) is 23.2 Å². The molecule has 0 aromatic carbocycles. The number of carbonyl (C=O) groups is 1. The van der Waals surface area contributed by atoms with Crippen LogP contribution in [0.1, 0.15) is 74.1 Å². The van der Waals surface area contributed by atoms with E-state index in [1.165, 1.54) is 0 Å². The molecule has 1 rings (SSSR count). The lowest BCUT2D eigenvalue weighted by molar-refractivity contribution is -0.265. The third-order valence-electron chi connectivity index (χ3n) is 4.19. The maximum absolute atomic E-state index is 13.8. The van der Waals surface area contributed by atoms with Crippen LogP contribution in [0.25, 0.3) is 0 Å². The molecule has 2 atom stereocenters. The quantitative estimate of drug-likeness (QED) is 0.297. The zero-order valence-corrected chi connectivity index (χ0v) is 22.2. The Morgan fingerprint density at radius 2 is 1.56 bits per heavy atom. The summed E-state index contributed by atoms with van der Waals surface area (Å²) in [5, 5.41) is 8.92. The summed E-state index contributed by atoms with van der Waals surface area (Å²) in [6.07, 6.45) is -3.66. The van der Waals surface area contributed by atoms with Crippen molar-refractivity contribution in [3.05, 3.63) is 30.1 Å². The van der Waals surface area contributed by atoms with E-state index in [9.17, 15) is 17.7 Å². The van der Waals surface area contributed by atoms with Crippen LogP contribution < -0.4 is 0 Å². The fourth-order valence-electron chi connectivity index (χ4n) is 2.92. The van der Waals surface area contributed by atoms with Crippen LogP contribution in [0.4, 0.5) is 13.2 Å². The number of rotatable bonds is 9. The molecule has 0 fully saturated rings. The smallest absolute Gasteiger partial charge is 0.475 e. The monoisotopic (exact) mass is 514 g/mol. The second-order valence-corrected chi connectivity index (χ2v) is 11.5. The van der Waals surface area contributed by atoms with Crippen molar-refractivity contribution in [1.82, 2.24) is 10.0 Å². The van der Waals surface area contributed by atoms with Gasteiger partial charge in [0.05, 0.1) is 18.9 Å². The Morgan fingerprint density at radius 1 is 1.09 bits per heavy atom. The van der Waals surface area contributed by atoms with Crippen molar-refractivity contribution in [3.63, 3.8) is 0 Å². The van der Waals surface area contributed by atoms with Crippen LogP contribution in [0, 0.1) is 5.41 Å². The lowest BCUT2D eigenvalue weighted by Crippen LogP contribution is -2.53. The first kappa shape index (κ1) is 32.5. The number of carboxylic acids is 1. The van der Waals surface area contributed by atoms with Crippen molar-refractivity contribution in [2.24, 2.45) is 5.41 Å². The zero-order chi connectivity index (χ0) is 27.0. The predicted octanol–water partition coefficient (Wildman–Crippen LogP) is 6.45. The minimum atomic E-state index is -5.08. The predicted molar refractivity (Wildman–Crippen MR) is 123 cm³/mol. The normalized spacial score (nSPS) is 14.9. The van der Waals surface area contributed by atoms with Gasteiger partial charge in [-0.1, -0.05) is 26.8 Å². The second kappa shape index (κ2) is 13.0. The number of nitrogens with zero attached hydrogens (tertiary/aromatic N) is 2. The van der Waals surface area contributed by atoms with E-state index in [1.54, 1.807) is 11.3 Å². The van der Waals surface area contributed by atoms with Crippen molar-refractivity contribution >= 4 is 13.6 Å². The maximum atomic E-state index is 13.8. The van der Waals surface area contributed by atoms with Gasteiger partial charge >= 0.3 is 19.7 Å². The van der Waals surface area contributed by atoms with Crippen LogP contribution in [0.15, 0.2) is 24.4 Å². The third-order valence-corrected chi connectivity index (χ3v) is 7.01. The van der Waals surface area contributed by atoms with Gasteiger partial charge in [-0.2, -0.15) is 18.2 Å². The number of hydrogen-bond donors (Lipinski definition) is 1. The Bertz CT molecular complexity index is 785. The first-order chi connectivity index (χ1) is 15.3. The Labute approximate surface area is 200 Å². The molecule has 0 aliphatic rings. The highest BCUT2D eigenvalue weighted by atomic mass is 31.2. The largest absolute Gasteiger partial charge is 0.490 e. The summed E-state index contributed by atoms with van der Waals surface area (Å²) in [6, 6.07) is 5.71.